The first-order valence-electron chi connectivity index (χ1n) is 9.59. The van der Waals surface area contributed by atoms with Crippen molar-refractivity contribution in [2.75, 3.05) is 11.1 Å². The Morgan fingerprint density at radius 3 is 2.76 bits per heavy atom. The van der Waals surface area contributed by atoms with Crippen LogP contribution in [0.1, 0.15) is 41.3 Å². The number of anilines is 1. The quantitative estimate of drug-likeness (QED) is 0.488. The highest BCUT2D eigenvalue weighted by Gasteiger charge is 2.27. The van der Waals surface area contributed by atoms with Gasteiger partial charge in [0.25, 0.3) is 0 Å². The van der Waals surface area contributed by atoms with E-state index in [9.17, 15) is 9.59 Å². The number of aryl methyl sites for hydroxylation is 1. The number of benzene rings is 2. The largest absolute Gasteiger partial charge is 0.325 e. The molecular weight excluding hydrogens is 384 g/mol. The average molecular weight is 407 g/mol. The summed E-state index contributed by atoms with van der Waals surface area (Å²) in [6.07, 6.45) is 0. The summed E-state index contributed by atoms with van der Waals surface area (Å²) in [5, 5.41) is 12.2. The Hall–Kier alpha value is -2.93. The predicted molar refractivity (Wildman–Crippen MR) is 114 cm³/mol. The van der Waals surface area contributed by atoms with Crippen LogP contribution in [0, 0.1) is 6.92 Å². The van der Waals surface area contributed by atoms with Crippen molar-refractivity contribution in [2.24, 2.45) is 0 Å². The number of hydrogen-bond donors (Lipinski definition) is 1. The zero-order valence-corrected chi connectivity index (χ0v) is 17.4. The second kappa shape index (κ2) is 7.83. The standard InChI is InChI=1S/C22H22N4O2S/c1-4-26-20(16-8-6-5-7-13(16)2)24-25-22(26)29-12-19(27)15-9-10-18-17(11-15)14(3)21(28)23-18/h5-11,14H,4,12H2,1-3H3,(H,23,28)/t14-/m0/s1. The molecule has 1 N–H and O–H groups in total. The minimum absolute atomic E-state index is 0.00689. The maximum atomic E-state index is 12.8. The van der Waals surface area contributed by atoms with Gasteiger partial charge in [0.05, 0.1) is 11.7 Å². The van der Waals surface area contributed by atoms with Crippen LogP contribution in [-0.4, -0.2) is 32.2 Å². The lowest BCUT2D eigenvalue weighted by Gasteiger charge is -2.09. The van der Waals surface area contributed by atoms with Gasteiger partial charge in [-0.25, -0.2) is 0 Å². The number of nitrogens with one attached hydrogen (secondary N) is 1. The summed E-state index contributed by atoms with van der Waals surface area (Å²) in [6, 6.07) is 13.5. The average Bonchev–Trinajstić information content (AvgIpc) is 3.26. The fourth-order valence-corrected chi connectivity index (χ4v) is 4.40. The molecule has 6 nitrogen and oxygen atoms in total. The topological polar surface area (TPSA) is 76.9 Å². The van der Waals surface area contributed by atoms with E-state index in [0.29, 0.717) is 5.56 Å². The second-order valence-electron chi connectivity index (χ2n) is 7.09. The Morgan fingerprint density at radius 2 is 2.00 bits per heavy atom. The molecule has 1 aliphatic rings. The monoisotopic (exact) mass is 406 g/mol. The summed E-state index contributed by atoms with van der Waals surface area (Å²) in [5.74, 6) is 0.827. The summed E-state index contributed by atoms with van der Waals surface area (Å²) in [7, 11) is 0. The smallest absolute Gasteiger partial charge is 0.231 e. The minimum Gasteiger partial charge on any atom is -0.325 e. The van der Waals surface area contributed by atoms with Gasteiger partial charge in [-0.05, 0) is 50.1 Å². The first-order chi connectivity index (χ1) is 14.0. The highest BCUT2D eigenvalue weighted by molar-refractivity contribution is 7.99. The zero-order chi connectivity index (χ0) is 20.5. The number of carbonyl (C=O) groups excluding carboxylic acids is 2. The van der Waals surface area contributed by atoms with Crippen molar-refractivity contribution in [3.8, 4) is 11.4 Å². The number of carbonyl (C=O) groups is 2. The highest BCUT2D eigenvalue weighted by atomic mass is 32.2. The Labute approximate surface area is 173 Å². The van der Waals surface area contributed by atoms with E-state index in [1.807, 2.05) is 42.7 Å². The van der Waals surface area contributed by atoms with Crippen LogP contribution in [0.3, 0.4) is 0 Å². The van der Waals surface area contributed by atoms with Gasteiger partial charge in [-0.15, -0.1) is 10.2 Å². The van der Waals surface area contributed by atoms with Crippen LogP contribution in [0.2, 0.25) is 0 Å². The minimum atomic E-state index is -0.231. The van der Waals surface area contributed by atoms with Crippen molar-refractivity contribution in [2.45, 2.75) is 38.4 Å². The summed E-state index contributed by atoms with van der Waals surface area (Å²) in [5.41, 5.74) is 4.47. The van der Waals surface area contributed by atoms with E-state index in [0.717, 1.165) is 39.9 Å². The fourth-order valence-electron chi connectivity index (χ4n) is 3.51. The zero-order valence-electron chi connectivity index (χ0n) is 16.6. The maximum Gasteiger partial charge on any atom is 0.231 e. The van der Waals surface area contributed by atoms with Crippen molar-refractivity contribution >= 4 is 29.1 Å². The van der Waals surface area contributed by atoms with E-state index in [2.05, 4.69) is 28.5 Å². The molecule has 0 saturated heterocycles. The number of Topliss-reactive ketones (excluding diaryl/α,β-unsaturated/α-hetero) is 1. The van der Waals surface area contributed by atoms with Crippen LogP contribution >= 0.6 is 11.8 Å². The number of amides is 1. The van der Waals surface area contributed by atoms with Crippen LogP contribution in [0.4, 0.5) is 5.69 Å². The van der Waals surface area contributed by atoms with E-state index in [1.54, 1.807) is 12.1 Å². The van der Waals surface area contributed by atoms with Crippen LogP contribution in [-0.2, 0) is 11.3 Å². The normalized spacial score (nSPS) is 15.3. The Kier molecular flexibility index (Phi) is 5.24. The molecule has 0 radical (unpaired) electrons. The van der Waals surface area contributed by atoms with Crippen LogP contribution in [0.15, 0.2) is 47.6 Å². The second-order valence-corrected chi connectivity index (χ2v) is 8.03. The number of fused-ring (bicyclic) bond motifs is 1. The number of thioether (sulfide) groups is 1. The molecule has 0 saturated carbocycles. The molecule has 1 amide bonds. The molecule has 0 unspecified atom stereocenters. The molecule has 148 valence electrons. The molecule has 0 bridgehead atoms. The first kappa shape index (κ1) is 19.4. The van der Waals surface area contributed by atoms with E-state index in [1.165, 1.54) is 11.8 Å². The molecule has 7 heteroatoms. The molecule has 2 heterocycles. The molecule has 0 fully saturated rings. The Morgan fingerprint density at radius 1 is 1.21 bits per heavy atom. The van der Waals surface area contributed by atoms with Gasteiger partial charge in [-0.1, -0.05) is 36.0 Å². The third kappa shape index (κ3) is 3.58. The summed E-state index contributed by atoms with van der Waals surface area (Å²) in [6.45, 7) is 6.66. The number of nitrogens with zero attached hydrogens (tertiary/aromatic N) is 3. The van der Waals surface area contributed by atoms with Gasteiger partial charge in [0.1, 0.15) is 0 Å². The van der Waals surface area contributed by atoms with E-state index in [-0.39, 0.29) is 23.4 Å². The highest BCUT2D eigenvalue weighted by Crippen LogP contribution is 2.33. The van der Waals surface area contributed by atoms with Gasteiger partial charge >= 0.3 is 0 Å². The summed E-state index contributed by atoms with van der Waals surface area (Å²) < 4.78 is 2.04. The number of rotatable bonds is 6. The molecule has 2 aromatic carbocycles. The number of ketones is 1. The van der Waals surface area contributed by atoms with Crippen molar-refractivity contribution in [3.05, 3.63) is 59.2 Å². The molecule has 4 rings (SSSR count). The Bertz CT molecular complexity index is 1110. The lowest BCUT2D eigenvalue weighted by atomic mass is 9.99. The summed E-state index contributed by atoms with van der Waals surface area (Å²) in [4.78, 5) is 24.6. The molecule has 1 aromatic heterocycles. The summed E-state index contributed by atoms with van der Waals surface area (Å²) >= 11 is 1.39. The molecule has 0 aliphatic carbocycles. The molecular formula is C22H22N4O2S. The third-order valence-electron chi connectivity index (χ3n) is 5.24. The van der Waals surface area contributed by atoms with Crippen LogP contribution in [0.5, 0.6) is 0 Å². The number of aromatic nitrogens is 3. The van der Waals surface area contributed by atoms with E-state index < -0.39 is 0 Å². The fraction of sp³-hybridized carbons (Fsp3) is 0.273. The van der Waals surface area contributed by atoms with Gasteiger partial charge < -0.3 is 9.88 Å². The lowest BCUT2D eigenvalue weighted by Crippen LogP contribution is -2.08. The molecule has 1 atom stereocenters. The van der Waals surface area contributed by atoms with Gasteiger partial charge in [0, 0.05) is 23.4 Å². The van der Waals surface area contributed by atoms with Gasteiger partial charge in [-0.3, -0.25) is 9.59 Å². The molecule has 29 heavy (non-hydrogen) atoms. The van der Waals surface area contributed by atoms with Crippen LogP contribution in [0.25, 0.3) is 11.4 Å². The molecule has 3 aromatic rings. The van der Waals surface area contributed by atoms with Gasteiger partial charge in [-0.2, -0.15) is 0 Å². The Balaban J connectivity index is 1.52. The van der Waals surface area contributed by atoms with Crippen molar-refractivity contribution < 1.29 is 9.59 Å². The van der Waals surface area contributed by atoms with Crippen molar-refractivity contribution in [1.82, 2.24) is 14.8 Å². The molecule has 1 aliphatic heterocycles. The van der Waals surface area contributed by atoms with Crippen LogP contribution < -0.4 is 5.32 Å². The molecule has 0 spiro atoms. The third-order valence-corrected chi connectivity index (χ3v) is 6.21. The van der Waals surface area contributed by atoms with Gasteiger partial charge in [0.2, 0.25) is 5.91 Å². The maximum absolute atomic E-state index is 12.8. The van der Waals surface area contributed by atoms with E-state index >= 15 is 0 Å². The SMILES string of the molecule is CCn1c(SCC(=O)c2ccc3c(c2)[C@H](C)C(=O)N3)nnc1-c1ccccc1C. The van der Waals surface area contributed by atoms with E-state index in [4.69, 9.17) is 0 Å². The van der Waals surface area contributed by atoms with Crippen molar-refractivity contribution in [3.63, 3.8) is 0 Å². The first-order valence-corrected chi connectivity index (χ1v) is 10.6. The van der Waals surface area contributed by atoms with Gasteiger partial charge in [0.15, 0.2) is 16.8 Å². The lowest BCUT2D eigenvalue weighted by molar-refractivity contribution is -0.116. The van der Waals surface area contributed by atoms with Crippen molar-refractivity contribution in [1.29, 1.82) is 0 Å². The number of hydrogen-bond acceptors (Lipinski definition) is 5. The predicted octanol–water partition coefficient (Wildman–Crippen LogP) is 4.30.